The lowest BCUT2D eigenvalue weighted by atomic mass is 10.1. The molecule has 0 spiro atoms. The Bertz CT molecular complexity index is 1330. The Morgan fingerprint density at radius 3 is 2.77 bits per heavy atom. The van der Waals surface area contributed by atoms with Crippen molar-refractivity contribution in [3.05, 3.63) is 72.9 Å². The lowest BCUT2D eigenvalue weighted by Crippen LogP contribution is -2.34. The van der Waals surface area contributed by atoms with Crippen LogP contribution in [0.5, 0.6) is 0 Å². The first-order valence-electron chi connectivity index (χ1n) is 10.3. The topological polar surface area (TPSA) is 71.0 Å². The molecule has 4 aromatic rings. The molecule has 6 nitrogen and oxygen atoms in total. The van der Waals surface area contributed by atoms with Gasteiger partial charge in [0.1, 0.15) is 10.7 Å². The largest absolute Gasteiger partial charge is 0.347 e. The summed E-state index contributed by atoms with van der Waals surface area (Å²) in [6.45, 7) is 2.98. The van der Waals surface area contributed by atoms with Crippen LogP contribution in [0.25, 0.3) is 22.0 Å². The summed E-state index contributed by atoms with van der Waals surface area (Å²) in [5, 5.41) is 7.96. The normalized spacial score (nSPS) is 19.9. The first kappa shape index (κ1) is 20.0. The Morgan fingerprint density at radius 1 is 1.16 bits per heavy atom. The number of sulfonamides is 1. The minimum Gasteiger partial charge on any atom is -0.347 e. The summed E-state index contributed by atoms with van der Waals surface area (Å²) in [7, 11) is -3.86. The molecule has 5 rings (SSSR count). The van der Waals surface area contributed by atoms with E-state index in [2.05, 4.69) is 39.0 Å². The summed E-state index contributed by atoms with van der Waals surface area (Å²) >= 11 is 0. The summed E-state index contributed by atoms with van der Waals surface area (Å²) in [5.41, 5.74) is 3.24. The van der Waals surface area contributed by atoms with E-state index in [-0.39, 0.29) is 16.9 Å². The highest BCUT2D eigenvalue weighted by molar-refractivity contribution is 7.89. The van der Waals surface area contributed by atoms with Gasteiger partial charge in [0.15, 0.2) is 0 Å². The molecule has 8 heteroatoms. The number of hydrogen-bond acceptors (Lipinski definition) is 3. The Labute approximate surface area is 180 Å². The van der Waals surface area contributed by atoms with Gasteiger partial charge in [0.25, 0.3) is 0 Å². The maximum Gasteiger partial charge on any atom is 0.246 e. The van der Waals surface area contributed by atoms with Gasteiger partial charge >= 0.3 is 0 Å². The molecule has 1 saturated heterocycles. The van der Waals surface area contributed by atoms with Crippen molar-refractivity contribution >= 4 is 20.9 Å². The van der Waals surface area contributed by atoms with Crippen LogP contribution in [0.15, 0.2) is 72.0 Å². The molecule has 1 aliphatic heterocycles. The summed E-state index contributed by atoms with van der Waals surface area (Å²) < 4.78 is 43.9. The molecule has 2 atom stereocenters. The van der Waals surface area contributed by atoms with Gasteiger partial charge in [-0.1, -0.05) is 18.2 Å². The summed E-state index contributed by atoms with van der Waals surface area (Å²) in [4.78, 5) is -0.249. The number of fused-ring (bicyclic) bond motifs is 1. The van der Waals surface area contributed by atoms with Gasteiger partial charge in [0.05, 0.1) is 6.20 Å². The van der Waals surface area contributed by atoms with Crippen molar-refractivity contribution in [2.45, 2.75) is 30.8 Å². The lowest BCUT2D eigenvalue weighted by molar-refractivity contribution is 0.396. The first-order valence-corrected chi connectivity index (χ1v) is 11.7. The zero-order valence-electron chi connectivity index (χ0n) is 17.1. The lowest BCUT2D eigenvalue weighted by Gasteiger charge is -2.21. The van der Waals surface area contributed by atoms with E-state index in [1.165, 1.54) is 22.5 Å². The van der Waals surface area contributed by atoms with Crippen molar-refractivity contribution in [3.63, 3.8) is 0 Å². The third-order valence-corrected chi connectivity index (χ3v) is 8.10. The summed E-state index contributed by atoms with van der Waals surface area (Å²) in [5.74, 6) is -0.552. The van der Waals surface area contributed by atoms with Gasteiger partial charge in [0.2, 0.25) is 10.0 Å². The molecule has 3 heterocycles. The van der Waals surface area contributed by atoms with Crippen molar-refractivity contribution < 1.29 is 12.8 Å². The van der Waals surface area contributed by atoms with E-state index in [1.54, 1.807) is 12.3 Å². The van der Waals surface area contributed by atoms with Crippen LogP contribution in [-0.2, 0) is 16.6 Å². The van der Waals surface area contributed by atoms with Crippen LogP contribution in [-0.4, -0.2) is 40.1 Å². The van der Waals surface area contributed by atoms with Crippen molar-refractivity contribution in [1.82, 2.24) is 19.1 Å². The average molecular weight is 439 g/mol. The zero-order chi connectivity index (χ0) is 21.6. The fraction of sp³-hybridized carbons (Fsp3) is 0.261. The zero-order valence-corrected chi connectivity index (χ0v) is 17.9. The number of aromatic amines is 1. The highest BCUT2D eigenvalue weighted by Crippen LogP contribution is 2.32. The summed E-state index contributed by atoms with van der Waals surface area (Å²) in [6.07, 6.45) is 6.44. The second-order valence-electron chi connectivity index (χ2n) is 8.18. The molecule has 0 amide bonds. The van der Waals surface area contributed by atoms with Gasteiger partial charge in [0, 0.05) is 48.0 Å². The number of H-pyrrole nitrogens is 1. The standard InChI is InChI=1S/C23H23FN4O2S/c1-16-10-17(15-28(16)31(29,30)23-5-3-2-4-21(23)24)14-27-9-8-19-11-18(6-7-22(19)27)20-12-25-26-13-20/h2-9,11-13,16-17H,10,14-15H2,1H3,(H,25,26)/t16-,17?/m0/s1. The smallest absolute Gasteiger partial charge is 0.246 e. The molecule has 0 saturated carbocycles. The van der Waals surface area contributed by atoms with Crippen LogP contribution in [0, 0.1) is 11.7 Å². The summed E-state index contributed by atoms with van der Waals surface area (Å²) in [6, 6.07) is 13.8. The van der Waals surface area contributed by atoms with Gasteiger partial charge < -0.3 is 4.57 Å². The van der Waals surface area contributed by atoms with Gasteiger partial charge in [-0.2, -0.15) is 9.40 Å². The maximum absolute atomic E-state index is 14.2. The number of rotatable bonds is 5. The van der Waals surface area contributed by atoms with E-state index < -0.39 is 15.8 Å². The number of nitrogens with zero attached hydrogens (tertiary/aromatic N) is 3. The molecular weight excluding hydrogens is 415 g/mol. The second kappa shape index (κ2) is 7.62. The Hall–Kier alpha value is -2.97. The van der Waals surface area contributed by atoms with Crippen LogP contribution < -0.4 is 0 Å². The molecule has 0 aliphatic carbocycles. The Balaban J connectivity index is 1.37. The molecule has 0 radical (unpaired) electrons. The van der Waals surface area contributed by atoms with E-state index >= 15 is 0 Å². The highest BCUT2D eigenvalue weighted by Gasteiger charge is 2.39. The van der Waals surface area contributed by atoms with E-state index in [0.717, 1.165) is 28.5 Å². The number of halogens is 1. The predicted octanol–water partition coefficient (Wildman–Crippen LogP) is 4.27. The molecule has 31 heavy (non-hydrogen) atoms. The minimum atomic E-state index is -3.86. The van der Waals surface area contributed by atoms with Crippen molar-refractivity contribution in [1.29, 1.82) is 0 Å². The molecule has 160 valence electrons. The SMILES string of the molecule is C[C@H]1CC(Cn2ccc3cc(-c4cn[nH]c4)ccc32)CN1S(=O)(=O)c1ccccc1F. The average Bonchev–Trinajstić information content (AvgIpc) is 3.49. The number of benzene rings is 2. The number of nitrogens with one attached hydrogen (secondary N) is 1. The molecule has 0 bridgehead atoms. The quantitative estimate of drug-likeness (QED) is 0.506. The van der Waals surface area contributed by atoms with Gasteiger partial charge in [-0.3, -0.25) is 5.10 Å². The molecule has 2 aromatic carbocycles. The molecule has 1 fully saturated rings. The number of aromatic nitrogens is 3. The Kier molecular flexibility index (Phi) is 4.91. The van der Waals surface area contributed by atoms with Crippen LogP contribution in [0.2, 0.25) is 0 Å². The van der Waals surface area contributed by atoms with Gasteiger partial charge in [-0.15, -0.1) is 0 Å². The number of hydrogen-bond donors (Lipinski definition) is 1. The molecule has 1 unspecified atom stereocenters. The van der Waals surface area contributed by atoms with Crippen molar-refractivity contribution in [3.8, 4) is 11.1 Å². The van der Waals surface area contributed by atoms with E-state index in [4.69, 9.17) is 0 Å². The van der Waals surface area contributed by atoms with Crippen molar-refractivity contribution in [2.75, 3.05) is 6.54 Å². The van der Waals surface area contributed by atoms with Crippen LogP contribution >= 0.6 is 0 Å². The van der Waals surface area contributed by atoms with Crippen LogP contribution in [0.3, 0.4) is 0 Å². The van der Waals surface area contributed by atoms with Gasteiger partial charge in [-0.25, -0.2) is 12.8 Å². The Morgan fingerprint density at radius 2 is 2.00 bits per heavy atom. The molecule has 1 aliphatic rings. The van der Waals surface area contributed by atoms with E-state index in [0.29, 0.717) is 13.1 Å². The maximum atomic E-state index is 14.2. The van der Waals surface area contributed by atoms with Crippen LogP contribution in [0.4, 0.5) is 4.39 Å². The third-order valence-electron chi connectivity index (χ3n) is 6.08. The third kappa shape index (κ3) is 3.55. The van der Waals surface area contributed by atoms with E-state index in [1.807, 2.05) is 19.3 Å². The molecular formula is C23H23FN4O2S. The monoisotopic (exact) mass is 438 g/mol. The minimum absolute atomic E-state index is 0.153. The van der Waals surface area contributed by atoms with Gasteiger partial charge in [-0.05, 0) is 55.2 Å². The van der Waals surface area contributed by atoms with E-state index in [9.17, 15) is 12.8 Å². The highest BCUT2D eigenvalue weighted by atomic mass is 32.2. The van der Waals surface area contributed by atoms with Crippen molar-refractivity contribution in [2.24, 2.45) is 5.92 Å². The predicted molar refractivity (Wildman–Crippen MR) is 117 cm³/mol. The van der Waals surface area contributed by atoms with Crippen LogP contribution in [0.1, 0.15) is 13.3 Å². The fourth-order valence-corrected chi connectivity index (χ4v) is 6.37. The first-order chi connectivity index (χ1) is 14.9. The molecule has 1 N–H and O–H groups in total. The molecule has 2 aromatic heterocycles. The second-order valence-corrected chi connectivity index (χ2v) is 10.0. The fourth-order valence-electron chi connectivity index (χ4n) is 4.58.